The van der Waals surface area contributed by atoms with E-state index in [-0.39, 0.29) is 18.0 Å². The second-order valence-corrected chi connectivity index (χ2v) is 8.86. The monoisotopic (exact) mass is 388 g/mol. The van der Waals surface area contributed by atoms with E-state index in [4.69, 9.17) is 9.47 Å². The third-order valence-corrected chi connectivity index (χ3v) is 5.30. The summed E-state index contributed by atoms with van der Waals surface area (Å²) < 4.78 is 11.4. The number of carbonyl (C=O) groups excluding carboxylic acids is 2. The molecule has 0 N–H and O–H groups in total. The molecule has 8 heteroatoms. The Balaban J connectivity index is 1.39. The van der Waals surface area contributed by atoms with Crippen molar-refractivity contribution in [1.29, 1.82) is 0 Å². The molecule has 2 saturated heterocycles. The fourth-order valence-electron chi connectivity index (χ4n) is 3.80. The zero-order chi connectivity index (χ0) is 19.9. The van der Waals surface area contributed by atoms with E-state index in [1.807, 2.05) is 25.7 Å². The fourth-order valence-corrected chi connectivity index (χ4v) is 3.80. The summed E-state index contributed by atoms with van der Waals surface area (Å²) in [5, 5.41) is 0. The molecule has 0 spiro atoms. The van der Waals surface area contributed by atoms with Crippen LogP contribution in [0.2, 0.25) is 0 Å². The van der Waals surface area contributed by atoms with Crippen LogP contribution in [0.3, 0.4) is 0 Å². The first-order valence-corrected chi connectivity index (χ1v) is 10.1. The third-order valence-electron chi connectivity index (χ3n) is 5.30. The van der Waals surface area contributed by atoms with Gasteiger partial charge in [-0.2, -0.15) is 0 Å². The van der Waals surface area contributed by atoms with E-state index in [1.54, 1.807) is 17.3 Å². The van der Waals surface area contributed by atoms with Crippen LogP contribution in [0.15, 0.2) is 12.4 Å². The van der Waals surface area contributed by atoms with Crippen molar-refractivity contribution >= 4 is 12.0 Å². The van der Waals surface area contributed by atoms with Crippen molar-refractivity contribution in [3.8, 4) is 5.88 Å². The minimum atomic E-state index is -0.579. The molecule has 28 heavy (non-hydrogen) atoms. The molecule has 1 aromatic heterocycles. The van der Waals surface area contributed by atoms with Gasteiger partial charge in [-0.3, -0.25) is 9.78 Å². The van der Waals surface area contributed by atoms with E-state index in [0.29, 0.717) is 37.9 Å². The van der Waals surface area contributed by atoms with Gasteiger partial charge in [0.1, 0.15) is 5.60 Å². The number of rotatable bonds is 3. The highest BCUT2D eigenvalue weighted by Gasteiger charge is 2.44. The molecule has 3 fully saturated rings. The molecule has 8 nitrogen and oxygen atoms in total. The number of amides is 2. The van der Waals surface area contributed by atoms with Gasteiger partial charge in [-0.15, -0.1) is 0 Å². The molecule has 3 heterocycles. The first-order chi connectivity index (χ1) is 13.3. The number of carbonyl (C=O) groups is 2. The first kappa shape index (κ1) is 19.0. The van der Waals surface area contributed by atoms with Crippen LogP contribution in [0.4, 0.5) is 4.79 Å². The van der Waals surface area contributed by atoms with Crippen LogP contribution in [0.25, 0.3) is 0 Å². The van der Waals surface area contributed by atoms with E-state index < -0.39 is 11.7 Å². The lowest BCUT2D eigenvalue weighted by Crippen LogP contribution is -2.42. The predicted molar refractivity (Wildman–Crippen MR) is 101 cm³/mol. The molecule has 2 amide bonds. The minimum Gasteiger partial charge on any atom is -0.463 e. The smallest absolute Gasteiger partial charge is 0.410 e. The SMILES string of the molecule is CC(C)(C)OC(=O)N1CCCN2C(=O)[C@H](Oc3cnc(C4CC4)cn3)C[C@H]2C1. The Morgan fingerprint density at radius 1 is 1.18 bits per heavy atom. The molecule has 1 aliphatic carbocycles. The Morgan fingerprint density at radius 2 is 1.96 bits per heavy atom. The molecule has 152 valence electrons. The molecule has 0 unspecified atom stereocenters. The van der Waals surface area contributed by atoms with Crippen molar-refractivity contribution in [1.82, 2.24) is 19.8 Å². The Hall–Kier alpha value is -2.38. The molecule has 3 aliphatic rings. The van der Waals surface area contributed by atoms with Gasteiger partial charge in [0.2, 0.25) is 5.88 Å². The third kappa shape index (κ3) is 4.20. The van der Waals surface area contributed by atoms with E-state index >= 15 is 0 Å². The van der Waals surface area contributed by atoms with E-state index in [2.05, 4.69) is 9.97 Å². The van der Waals surface area contributed by atoms with E-state index in [1.165, 1.54) is 12.8 Å². The standard InChI is InChI=1S/C20H28N4O4/c1-20(2,3)28-19(26)23-7-4-8-24-14(12-23)9-16(18(24)25)27-17-11-21-15(10-22-17)13-5-6-13/h10-11,13-14,16H,4-9,12H2,1-3H3/t14-,16+/m0/s1. The highest BCUT2D eigenvalue weighted by molar-refractivity contribution is 5.84. The summed E-state index contributed by atoms with van der Waals surface area (Å²) in [7, 11) is 0. The molecule has 1 aromatic rings. The molecular formula is C20H28N4O4. The summed E-state index contributed by atoms with van der Waals surface area (Å²) in [6, 6.07) is -0.0637. The zero-order valence-electron chi connectivity index (χ0n) is 16.8. The second-order valence-electron chi connectivity index (χ2n) is 8.86. The van der Waals surface area contributed by atoms with Gasteiger partial charge in [-0.1, -0.05) is 0 Å². The second kappa shape index (κ2) is 7.22. The average molecular weight is 388 g/mol. The van der Waals surface area contributed by atoms with Gasteiger partial charge in [0.05, 0.1) is 24.1 Å². The molecule has 0 bridgehead atoms. The van der Waals surface area contributed by atoms with Crippen LogP contribution in [0, 0.1) is 0 Å². The van der Waals surface area contributed by atoms with Gasteiger partial charge in [-0.05, 0) is 40.0 Å². The lowest BCUT2D eigenvalue weighted by Gasteiger charge is -2.28. The summed E-state index contributed by atoms with van der Waals surface area (Å²) in [6.45, 7) is 7.24. The van der Waals surface area contributed by atoms with Gasteiger partial charge in [0.15, 0.2) is 6.10 Å². The molecule has 0 radical (unpaired) electrons. The normalized spacial score (nSPS) is 25.3. The maximum Gasteiger partial charge on any atom is 0.410 e. The maximum absolute atomic E-state index is 12.8. The Kier molecular flexibility index (Phi) is 4.89. The van der Waals surface area contributed by atoms with Gasteiger partial charge < -0.3 is 19.3 Å². The average Bonchev–Trinajstić information content (AvgIpc) is 3.44. The predicted octanol–water partition coefficient (Wildman–Crippen LogP) is 2.34. The zero-order valence-corrected chi connectivity index (χ0v) is 16.8. The van der Waals surface area contributed by atoms with Crippen LogP contribution in [-0.4, -0.2) is 69.1 Å². The molecule has 1 saturated carbocycles. The molecular weight excluding hydrogens is 360 g/mol. The molecule has 2 atom stereocenters. The lowest BCUT2D eigenvalue weighted by atomic mass is 10.2. The van der Waals surface area contributed by atoms with Crippen molar-refractivity contribution < 1.29 is 19.1 Å². The molecule has 0 aromatic carbocycles. The highest BCUT2D eigenvalue weighted by atomic mass is 16.6. The van der Waals surface area contributed by atoms with Crippen molar-refractivity contribution in [3.63, 3.8) is 0 Å². The van der Waals surface area contributed by atoms with Crippen molar-refractivity contribution in [3.05, 3.63) is 18.1 Å². The van der Waals surface area contributed by atoms with Crippen LogP contribution >= 0.6 is 0 Å². The van der Waals surface area contributed by atoms with Crippen molar-refractivity contribution in [2.75, 3.05) is 19.6 Å². The highest BCUT2D eigenvalue weighted by Crippen LogP contribution is 2.38. The number of nitrogens with zero attached hydrogens (tertiary/aromatic N) is 4. The van der Waals surface area contributed by atoms with Crippen molar-refractivity contribution in [2.24, 2.45) is 0 Å². The summed E-state index contributed by atoms with van der Waals surface area (Å²) in [4.78, 5) is 37.5. The van der Waals surface area contributed by atoms with Gasteiger partial charge >= 0.3 is 6.09 Å². The maximum atomic E-state index is 12.8. The van der Waals surface area contributed by atoms with Crippen LogP contribution in [0.5, 0.6) is 5.88 Å². The summed E-state index contributed by atoms with van der Waals surface area (Å²) in [5.41, 5.74) is 0.456. The van der Waals surface area contributed by atoms with Crippen LogP contribution in [0.1, 0.15) is 58.1 Å². The number of hydrogen-bond acceptors (Lipinski definition) is 6. The number of aromatic nitrogens is 2. The molecule has 4 rings (SSSR count). The van der Waals surface area contributed by atoms with Crippen LogP contribution in [-0.2, 0) is 9.53 Å². The van der Waals surface area contributed by atoms with Crippen molar-refractivity contribution in [2.45, 2.75) is 70.1 Å². The summed E-state index contributed by atoms with van der Waals surface area (Å²) in [5.74, 6) is 0.875. The van der Waals surface area contributed by atoms with E-state index in [9.17, 15) is 9.59 Å². The Bertz CT molecular complexity index is 742. The molecule has 2 aliphatic heterocycles. The Morgan fingerprint density at radius 3 is 2.61 bits per heavy atom. The fraction of sp³-hybridized carbons (Fsp3) is 0.700. The lowest BCUT2D eigenvalue weighted by molar-refractivity contribution is -0.134. The van der Waals surface area contributed by atoms with Crippen LogP contribution < -0.4 is 4.74 Å². The topological polar surface area (TPSA) is 84.9 Å². The largest absolute Gasteiger partial charge is 0.463 e. The van der Waals surface area contributed by atoms with Gasteiger partial charge in [-0.25, -0.2) is 9.78 Å². The quantitative estimate of drug-likeness (QED) is 0.790. The number of fused-ring (bicyclic) bond motifs is 1. The summed E-state index contributed by atoms with van der Waals surface area (Å²) >= 11 is 0. The Labute approximate surface area is 165 Å². The van der Waals surface area contributed by atoms with Gasteiger partial charge in [0, 0.05) is 32.0 Å². The summed E-state index contributed by atoms with van der Waals surface area (Å²) in [6.07, 6.45) is 6.04. The number of ether oxygens (including phenoxy) is 2. The van der Waals surface area contributed by atoms with E-state index in [0.717, 1.165) is 12.1 Å². The minimum absolute atomic E-state index is 0.0379. The first-order valence-electron chi connectivity index (χ1n) is 10.1. The van der Waals surface area contributed by atoms with Gasteiger partial charge in [0.25, 0.3) is 5.91 Å². The number of hydrogen-bond donors (Lipinski definition) is 0.